The molecule has 0 spiro atoms. The average molecular weight is 314 g/mol. The van der Waals surface area contributed by atoms with E-state index in [1.165, 1.54) is 13.2 Å². The van der Waals surface area contributed by atoms with Crippen LogP contribution in [-0.4, -0.2) is 71.0 Å². The minimum Gasteiger partial charge on any atom is -0.493 e. The van der Waals surface area contributed by atoms with Crippen LogP contribution in [0.15, 0.2) is 28.1 Å². The Labute approximate surface area is 126 Å². The highest BCUT2D eigenvalue weighted by Crippen LogP contribution is 2.22. The first kappa shape index (κ1) is 17.7. The molecule has 0 radical (unpaired) electrons. The van der Waals surface area contributed by atoms with Gasteiger partial charge in [0, 0.05) is 6.42 Å². The third-order valence-corrected chi connectivity index (χ3v) is 2.86. The smallest absolute Gasteiger partial charge is 0.330 e. The van der Waals surface area contributed by atoms with Gasteiger partial charge in [0.1, 0.15) is 12.3 Å². The second kappa shape index (κ2) is 8.15. The molecule has 0 saturated heterocycles. The van der Waals surface area contributed by atoms with Gasteiger partial charge in [-0.3, -0.25) is 9.79 Å². The summed E-state index contributed by atoms with van der Waals surface area (Å²) < 4.78 is 5.16. The quantitative estimate of drug-likeness (QED) is 0.372. The molecule has 1 unspecified atom stereocenters. The normalized spacial score (nSPS) is 18.0. The summed E-state index contributed by atoms with van der Waals surface area (Å²) in [4.78, 5) is 25.5. The van der Waals surface area contributed by atoms with Crippen molar-refractivity contribution in [2.45, 2.75) is 12.5 Å². The first-order chi connectivity index (χ1) is 10.4. The maximum atomic E-state index is 11.0. The number of ether oxygens (including phenoxy) is 1. The second-order valence-electron chi connectivity index (χ2n) is 4.45. The highest BCUT2D eigenvalue weighted by atomic mass is 16.5. The van der Waals surface area contributed by atoms with E-state index >= 15 is 0 Å². The Bertz CT molecular complexity index is 537. The number of aliphatic hydroxyl groups excluding tert-OH is 2. The summed E-state index contributed by atoms with van der Waals surface area (Å²) in [5.41, 5.74) is 0.999. The lowest BCUT2D eigenvalue weighted by Gasteiger charge is -2.22. The van der Waals surface area contributed by atoms with Gasteiger partial charge in [0.05, 0.1) is 26.0 Å². The topological polar surface area (TPSA) is 149 Å². The van der Waals surface area contributed by atoms with Gasteiger partial charge in [-0.1, -0.05) is 0 Å². The first-order valence-electron chi connectivity index (χ1n) is 6.37. The van der Waals surface area contributed by atoms with Crippen LogP contribution in [0.5, 0.6) is 0 Å². The number of methoxy groups -OCH3 is 1. The van der Waals surface area contributed by atoms with Crippen molar-refractivity contribution in [3.8, 4) is 0 Å². The van der Waals surface area contributed by atoms with Crippen molar-refractivity contribution in [1.29, 1.82) is 0 Å². The standard InChI is InChI=1S/C13H18N2O7/c1-22-12-8(14-4-11(18)19)2-7(5-16)3-9(12)15-10(6-17)13(20)21/h3,10,14,16-17H,2,4-6H2,1H3,(H,18,19)(H,20,21). The Hall–Kier alpha value is -2.39. The molecule has 0 aliphatic heterocycles. The predicted molar refractivity (Wildman–Crippen MR) is 75.4 cm³/mol. The summed E-state index contributed by atoms with van der Waals surface area (Å²) >= 11 is 0. The number of aliphatic carboxylic acids is 2. The summed E-state index contributed by atoms with van der Waals surface area (Å²) in [5, 5.41) is 38.6. The monoisotopic (exact) mass is 314 g/mol. The molecule has 1 aliphatic rings. The van der Waals surface area contributed by atoms with Crippen molar-refractivity contribution >= 4 is 17.7 Å². The van der Waals surface area contributed by atoms with Crippen LogP contribution in [0.3, 0.4) is 0 Å². The number of aliphatic hydroxyl groups is 2. The largest absolute Gasteiger partial charge is 0.493 e. The summed E-state index contributed by atoms with van der Waals surface area (Å²) in [7, 11) is 1.33. The number of carboxylic acids is 2. The van der Waals surface area contributed by atoms with Gasteiger partial charge in [-0.25, -0.2) is 4.79 Å². The Kier molecular flexibility index (Phi) is 6.54. The van der Waals surface area contributed by atoms with Crippen molar-refractivity contribution < 1.29 is 34.8 Å². The maximum Gasteiger partial charge on any atom is 0.330 e. The highest BCUT2D eigenvalue weighted by Gasteiger charge is 2.23. The van der Waals surface area contributed by atoms with Crippen LogP contribution < -0.4 is 5.32 Å². The van der Waals surface area contributed by atoms with Gasteiger partial charge in [0.15, 0.2) is 11.8 Å². The first-order valence-corrected chi connectivity index (χ1v) is 6.37. The Balaban J connectivity index is 3.20. The Morgan fingerprint density at radius 2 is 2.09 bits per heavy atom. The Morgan fingerprint density at radius 3 is 2.55 bits per heavy atom. The van der Waals surface area contributed by atoms with Crippen molar-refractivity contribution in [2.75, 3.05) is 26.9 Å². The molecule has 0 heterocycles. The molecule has 0 amide bonds. The van der Waals surface area contributed by atoms with Crippen LogP contribution in [-0.2, 0) is 14.3 Å². The van der Waals surface area contributed by atoms with Gasteiger partial charge in [0.2, 0.25) is 0 Å². The molecule has 1 aliphatic carbocycles. The van der Waals surface area contributed by atoms with E-state index in [-0.39, 0.29) is 31.0 Å². The van der Waals surface area contributed by atoms with Crippen molar-refractivity contribution in [3.05, 3.63) is 23.1 Å². The van der Waals surface area contributed by atoms with Crippen LogP contribution in [0.25, 0.3) is 0 Å². The fourth-order valence-electron chi connectivity index (χ4n) is 1.86. The number of carboxylic acid groups (broad SMARTS) is 2. The minimum absolute atomic E-state index is 0.118. The fourth-order valence-corrected chi connectivity index (χ4v) is 1.86. The number of hydrogen-bond acceptors (Lipinski definition) is 7. The van der Waals surface area contributed by atoms with Crippen LogP contribution >= 0.6 is 0 Å². The number of nitrogens with zero attached hydrogens (tertiary/aromatic N) is 1. The van der Waals surface area contributed by atoms with Crippen LogP contribution in [0.2, 0.25) is 0 Å². The summed E-state index contributed by atoms with van der Waals surface area (Å²) in [6.45, 7) is -1.36. The van der Waals surface area contributed by atoms with E-state index < -0.39 is 24.6 Å². The summed E-state index contributed by atoms with van der Waals surface area (Å²) in [5.74, 6) is -2.21. The average Bonchev–Trinajstić information content (AvgIpc) is 2.49. The van der Waals surface area contributed by atoms with Gasteiger partial charge < -0.3 is 30.5 Å². The molecule has 0 fully saturated rings. The number of aliphatic imine (C=N–C) groups is 1. The molecule has 0 saturated carbocycles. The predicted octanol–water partition coefficient (Wildman–Crippen LogP) is -1.27. The zero-order chi connectivity index (χ0) is 16.7. The van der Waals surface area contributed by atoms with E-state index in [1.807, 2.05) is 0 Å². The number of hydrogen-bond donors (Lipinski definition) is 5. The molecule has 9 heteroatoms. The number of nitrogens with one attached hydrogen (secondary N) is 1. The van der Waals surface area contributed by atoms with E-state index in [1.54, 1.807) is 0 Å². The molecule has 9 nitrogen and oxygen atoms in total. The number of allylic oxidation sites excluding steroid dienone is 2. The lowest BCUT2D eigenvalue weighted by atomic mass is 10.00. The van der Waals surface area contributed by atoms with E-state index in [0.717, 1.165) is 0 Å². The molecule has 0 aromatic heterocycles. The lowest BCUT2D eigenvalue weighted by Crippen LogP contribution is -2.30. The third-order valence-electron chi connectivity index (χ3n) is 2.86. The zero-order valence-corrected chi connectivity index (χ0v) is 11.9. The molecule has 122 valence electrons. The van der Waals surface area contributed by atoms with Gasteiger partial charge in [0.25, 0.3) is 0 Å². The third kappa shape index (κ3) is 4.57. The molecule has 0 aromatic carbocycles. The van der Waals surface area contributed by atoms with Crippen molar-refractivity contribution in [3.63, 3.8) is 0 Å². The van der Waals surface area contributed by atoms with Gasteiger partial charge >= 0.3 is 11.9 Å². The van der Waals surface area contributed by atoms with Crippen molar-refractivity contribution in [2.24, 2.45) is 4.99 Å². The van der Waals surface area contributed by atoms with Crippen LogP contribution in [0.4, 0.5) is 0 Å². The van der Waals surface area contributed by atoms with E-state index in [2.05, 4.69) is 10.3 Å². The van der Waals surface area contributed by atoms with Gasteiger partial charge in [-0.05, 0) is 11.6 Å². The highest BCUT2D eigenvalue weighted by molar-refractivity contribution is 6.09. The maximum absolute atomic E-state index is 11.0. The molecular weight excluding hydrogens is 296 g/mol. The SMILES string of the molecule is COC1=C(NCC(=O)O)CC(CO)=CC1=NC(CO)C(=O)O. The van der Waals surface area contributed by atoms with Gasteiger partial charge in [-0.15, -0.1) is 0 Å². The molecule has 0 bridgehead atoms. The molecule has 1 atom stereocenters. The molecule has 5 N–H and O–H groups in total. The second-order valence-corrected chi connectivity index (χ2v) is 4.45. The molecular formula is C13H18N2O7. The summed E-state index contributed by atoms with van der Waals surface area (Å²) in [6.07, 6.45) is 1.68. The molecule has 1 rings (SSSR count). The van der Waals surface area contributed by atoms with Crippen molar-refractivity contribution in [1.82, 2.24) is 5.32 Å². The fraction of sp³-hybridized carbons (Fsp3) is 0.462. The zero-order valence-electron chi connectivity index (χ0n) is 11.9. The number of carbonyl (C=O) groups is 2. The Morgan fingerprint density at radius 1 is 1.41 bits per heavy atom. The van der Waals surface area contributed by atoms with Crippen LogP contribution in [0.1, 0.15) is 6.42 Å². The van der Waals surface area contributed by atoms with Gasteiger partial charge in [-0.2, -0.15) is 0 Å². The van der Waals surface area contributed by atoms with E-state index in [0.29, 0.717) is 11.3 Å². The van der Waals surface area contributed by atoms with E-state index in [9.17, 15) is 14.7 Å². The van der Waals surface area contributed by atoms with E-state index in [4.69, 9.17) is 20.1 Å². The molecule has 22 heavy (non-hydrogen) atoms. The molecule has 0 aromatic rings. The minimum atomic E-state index is -1.38. The summed E-state index contributed by atoms with van der Waals surface area (Å²) in [6, 6.07) is -1.38. The van der Waals surface area contributed by atoms with Crippen LogP contribution in [0, 0.1) is 0 Å². The lowest BCUT2D eigenvalue weighted by molar-refractivity contribution is -0.139. The number of rotatable bonds is 8.